The Morgan fingerprint density at radius 2 is 2.19 bits per heavy atom. The molecule has 0 aliphatic carbocycles. The number of amides is 1. The molecular weight excluding hydrogens is 288 g/mol. The van der Waals surface area contributed by atoms with Crippen LogP contribution < -0.4 is 15.8 Å². The molecule has 1 amide bonds. The first kappa shape index (κ1) is 15.7. The molecule has 6 heteroatoms. The van der Waals surface area contributed by atoms with E-state index in [0.29, 0.717) is 23.2 Å². The van der Waals surface area contributed by atoms with Crippen LogP contribution in [0.3, 0.4) is 0 Å². The van der Waals surface area contributed by atoms with E-state index in [1.165, 1.54) is 0 Å². The molecule has 1 atom stereocenters. The summed E-state index contributed by atoms with van der Waals surface area (Å²) in [6.07, 6.45) is 2.04. The summed E-state index contributed by atoms with van der Waals surface area (Å²) in [7, 11) is 0. The quantitative estimate of drug-likeness (QED) is 0.742. The van der Waals surface area contributed by atoms with Gasteiger partial charge in [0.1, 0.15) is 10.7 Å². The van der Waals surface area contributed by atoms with Gasteiger partial charge in [0.25, 0.3) is 5.91 Å². The third-order valence-corrected chi connectivity index (χ3v) is 3.64. The number of hydrogen-bond donors (Lipinski definition) is 2. The molecule has 0 radical (unpaired) electrons. The predicted octanol–water partition coefficient (Wildman–Crippen LogP) is 1.24. The summed E-state index contributed by atoms with van der Waals surface area (Å²) < 4.78 is 10.7. The van der Waals surface area contributed by atoms with E-state index >= 15 is 0 Å². The van der Waals surface area contributed by atoms with Crippen molar-refractivity contribution in [2.24, 2.45) is 11.7 Å². The molecule has 114 valence electrons. The molecule has 1 heterocycles. The zero-order chi connectivity index (χ0) is 15.1. The molecule has 1 fully saturated rings. The summed E-state index contributed by atoms with van der Waals surface area (Å²) in [4.78, 5) is 12.0. The van der Waals surface area contributed by atoms with Crippen molar-refractivity contribution in [1.82, 2.24) is 5.32 Å². The lowest BCUT2D eigenvalue weighted by molar-refractivity contribution is -0.123. The van der Waals surface area contributed by atoms with Gasteiger partial charge in [-0.25, -0.2) is 0 Å². The average molecular weight is 308 g/mol. The van der Waals surface area contributed by atoms with Gasteiger partial charge in [-0.3, -0.25) is 4.79 Å². The number of carbonyl (C=O) groups is 1. The highest BCUT2D eigenvalue weighted by Gasteiger charge is 2.15. The molecule has 1 saturated heterocycles. The topological polar surface area (TPSA) is 73.6 Å². The van der Waals surface area contributed by atoms with E-state index in [1.54, 1.807) is 24.3 Å². The molecule has 0 spiro atoms. The van der Waals surface area contributed by atoms with E-state index in [2.05, 4.69) is 5.32 Å². The standard InChI is InChI=1S/C15H20N2O3S/c16-15(21)12-1-3-13(4-2-12)20-10-14(18)17-7-5-11-6-8-19-9-11/h1-4,11H,5-10H2,(H2,16,21)(H,17,18). The summed E-state index contributed by atoms with van der Waals surface area (Å²) >= 11 is 4.87. The lowest BCUT2D eigenvalue weighted by Gasteiger charge is -2.10. The van der Waals surface area contributed by atoms with E-state index in [1.807, 2.05) is 0 Å². The van der Waals surface area contributed by atoms with Crippen molar-refractivity contribution in [3.63, 3.8) is 0 Å². The van der Waals surface area contributed by atoms with E-state index in [9.17, 15) is 4.79 Å². The van der Waals surface area contributed by atoms with Crippen LogP contribution >= 0.6 is 12.2 Å². The first-order valence-electron chi connectivity index (χ1n) is 7.02. The van der Waals surface area contributed by atoms with Gasteiger partial charge >= 0.3 is 0 Å². The van der Waals surface area contributed by atoms with Crippen LogP contribution in [0.15, 0.2) is 24.3 Å². The first-order valence-corrected chi connectivity index (χ1v) is 7.43. The maximum Gasteiger partial charge on any atom is 0.257 e. The Morgan fingerprint density at radius 3 is 2.81 bits per heavy atom. The van der Waals surface area contributed by atoms with Gasteiger partial charge in [-0.15, -0.1) is 0 Å². The largest absolute Gasteiger partial charge is 0.484 e. The average Bonchev–Trinajstić information content (AvgIpc) is 2.99. The third-order valence-electron chi connectivity index (χ3n) is 3.41. The second kappa shape index (κ2) is 7.95. The molecule has 1 aromatic carbocycles. The third kappa shape index (κ3) is 5.32. The maximum absolute atomic E-state index is 11.7. The Hall–Kier alpha value is -1.66. The van der Waals surface area contributed by atoms with Crippen molar-refractivity contribution in [2.45, 2.75) is 12.8 Å². The lowest BCUT2D eigenvalue weighted by Crippen LogP contribution is -2.30. The number of thiocarbonyl (C=S) groups is 1. The number of rotatable bonds is 7. The fourth-order valence-electron chi connectivity index (χ4n) is 2.14. The summed E-state index contributed by atoms with van der Waals surface area (Å²) in [6.45, 7) is 2.32. The number of ether oxygens (including phenoxy) is 2. The van der Waals surface area contributed by atoms with Gasteiger partial charge in [-0.1, -0.05) is 12.2 Å². The molecule has 5 nitrogen and oxygen atoms in total. The van der Waals surface area contributed by atoms with Gasteiger partial charge in [0.05, 0.1) is 0 Å². The van der Waals surface area contributed by atoms with E-state index in [4.69, 9.17) is 27.4 Å². The van der Waals surface area contributed by atoms with Crippen LogP contribution in [-0.4, -0.2) is 37.3 Å². The minimum absolute atomic E-state index is 0.00752. The molecule has 0 aromatic heterocycles. The lowest BCUT2D eigenvalue weighted by atomic mass is 10.1. The molecule has 1 aromatic rings. The zero-order valence-corrected chi connectivity index (χ0v) is 12.7. The van der Waals surface area contributed by atoms with E-state index in [0.717, 1.165) is 31.6 Å². The van der Waals surface area contributed by atoms with Crippen LogP contribution in [0.4, 0.5) is 0 Å². The van der Waals surface area contributed by atoms with Crippen molar-refractivity contribution in [1.29, 1.82) is 0 Å². The SMILES string of the molecule is NC(=S)c1ccc(OCC(=O)NCCC2CCOC2)cc1. The van der Waals surface area contributed by atoms with Gasteiger partial charge in [-0.2, -0.15) is 0 Å². The number of nitrogens with one attached hydrogen (secondary N) is 1. The first-order chi connectivity index (χ1) is 10.1. The second-order valence-electron chi connectivity index (χ2n) is 5.05. The summed E-state index contributed by atoms with van der Waals surface area (Å²) in [6, 6.07) is 7.04. The van der Waals surface area contributed by atoms with Crippen LogP contribution in [0, 0.1) is 5.92 Å². The highest BCUT2D eigenvalue weighted by molar-refractivity contribution is 7.80. The maximum atomic E-state index is 11.7. The highest BCUT2D eigenvalue weighted by atomic mass is 32.1. The summed E-state index contributed by atoms with van der Waals surface area (Å²) in [5, 5.41) is 2.85. The molecule has 1 aliphatic rings. The smallest absolute Gasteiger partial charge is 0.257 e. The van der Waals surface area contributed by atoms with Crippen LogP contribution in [0.5, 0.6) is 5.75 Å². The second-order valence-corrected chi connectivity index (χ2v) is 5.49. The summed E-state index contributed by atoms with van der Waals surface area (Å²) in [5.74, 6) is 1.07. The predicted molar refractivity (Wildman–Crippen MR) is 84.4 cm³/mol. The Balaban J connectivity index is 1.64. The molecular formula is C15H20N2O3S. The van der Waals surface area contributed by atoms with E-state index in [-0.39, 0.29) is 12.5 Å². The highest BCUT2D eigenvalue weighted by Crippen LogP contribution is 2.15. The van der Waals surface area contributed by atoms with Crippen molar-refractivity contribution in [3.8, 4) is 5.75 Å². The van der Waals surface area contributed by atoms with Crippen molar-refractivity contribution >= 4 is 23.1 Å². The molecule has 1 unspecified atom stereocenters. The molecule has 3 N–H and O–H groups in total. The van der Waals surface area contributed by atoms with Crippen molar-refractivity contribution in [3.05, 3.63) is 29.8 Å². The van der Waals surface area contributed by atoms with E-state index < -0.39 is 0 Å². The molecule has 21 heavy (non-hydrogen) atoms. The fraction of sp³-hybridized carbons (Fsp3) is 0.467. The monoisotopic (exact) mass is 308 g/mol. The number of nitrogens with two attached hydrogens (primary N) is 1. The molecule has 2 rings (SSSR count). The molecule has 0 bridgehead atoms. The van der Waals surface area contributed by atoms with Gasteiger partial charge in [0.2, 0.25) is 0 Å². The normalized spacial score (nSPS) is 17.4. The Kier molecular flexibility index (Phi) is 5.95. The van der Waals surface area contributed by atoms with Crippen LogP contribution in [0.2, 0.25) is 0 Å². The Bertz CT molecular complexity index is 484. The minimum atomic E-state index is -0.118. The Labute approximate surface area is 129 Å². The zero-order valence-electron chi connectivity index (χ0n) is 11.8. The van der Waals surface area contributed by atoms with Crippen LogP contribution in [0.25, 0.3) is 0 Å². The fourth-order valence-corrected chi connectivity index (χ4v) is 2.28. The summed E-state index contributed by atoms with van der Waals surface area (Å²) in [5.41, 5.74) is 6.29. The number of hydrogen-bond acceptors (Lipinski definition) is 4. The minimum Gasteiger partial charge on any atom is -0.484 e. The van der Waals surface area contributed by atoms with Crippen LogP contribution in [0.1, 0.15) is 18.4 Å². The number of carbonyl (C=O) groups excluding carboxylic acids is 1. The van der Waals surface area contributed by atoms with Gasteiger partial charge in [0.15, 0.2) is 6.61 Å². The van der Waals surface area contributed by atoms with Crippen molar-refractivity contribution < 1.29 is 14.3 Å². The van der Waals surface area contributed by atoms with Crippen LogP contribution in [-0.2, 0) is 9.53 Å². The number of benzene rings is 1. The van der Waals surface area contributed by atoms with Crippen molar-refractivity contribution in [2.75, 3.05) is 26.4 Å². The van der Waals surface area contributed by atoms with Gasteiger partial charge in [-0.05, 0) is 43.0 Å². The molecule has 0 saturated carbocycles. The van der Waals surface area contributed by atoms with Gasteiger partial charge in [0, 0.05) is 25.3 Å². The molecule has 1 aliphatic heterocycles. The van der Waals surface area contributed by atoms with Gasteiger partial charge < -0.3 is 20.5 Å². The Morgan fingerprint density at radius 1 is 1.43 bits per heavy atom.